The normalized spacial score (nSPS) is 17.7. The van der Waals surface area contributed by atoms with E-state index < -0.39 is 6.04 Å². The van der Waals surface area contributed by atoms with Crippen molar-refractivity contribution in [2.45, 2.75) is 38.6 Å². The van der Waals surface area contributed by atoms with Gasteiger partial charge in [0.1, 0.15) is 0 Å². The van der Waals surface area contributed by atoms with Crippen molar-refractivity contribution in [3.8, 4) is 0 Å². The lowest BCUT2D eigenvalue weighted by Gasteiger charge is -2.07. The van der Waals surface area contributed by atoms with E-state index in [0.29, 0.717) is 0 Å². The molecule has 90 valence electrons. The first-order valence-electron chi connectivity index (χ1n) is 6.03. The lowest BCUT2D eigenvalue weighted by molar-refractivity contribution is -0.116. The highest BCUT2D eigenvalue weighted by molar-refractivity contribution is 6.03. The molecule has 1 amide bonds. The van der Waals surface area contributed by atoms with E-state index in [9.17, 15) is 9.70 Å². The van der Waals surface area contributed by atoms with Crippen LogP contribution in [0.4, 0.5) is 5.69 Å². The van der Waals surface area contributed by atoms with Gasteiger partial charge in [-0.05, 0) is 18.4 Å². The van der Waals surface area contributed by atoms with Crippen LogP contribution < -0.4 is 5.32 Å². The van der Waals surface area contributed by atoms with Gasteiger partial charge in [0.05, 0.1) is 5.69 Å². The Hall–Kier alpha value is -1.71. The van der Waals surface area contributed by atoms with Gasteiger partial charge < -0.3 is 5.32 Å². The van der Waals surface area contributed by atoms with Crippen molar-refractivity contribution in [1.29, 1.82) is 0 Å². The Morgan fingerprint density at radius 2 is 2.18 bits per heavy atom. The molecule has 1 unspecified atom stereocenters. The monoisotopic (exact) mass is 232 g/mol. The van der Waals surface area contributed by atoms with Crippen LogP contribution in [0.1, 0.15) is 43.4 Å². The second-order valence-corrected chi connectivity index (χ2v) is 4.34. The van der Waals surface area contributed by atoms with Gasteiger partial charge in [-0.25, -0.2) is 0 Å². The fraction of sp³-hybridized carbons (Fsp3) is 0.462. The number of nitrogens with one attached hydrogen (secondary N) is 1. The van der Waals surface area contributed by atoms with E-state index in [1.165, 1.54) is 12.8 Å². The van der Waals surface area contributed by atoms with Crippen molar-refractivity contribution >= 4 is 11.6 Å². The number of rotatable bonds is 5. The summed E-state index contributed by atoms with van der Waals surface area (Å²) in [6.45, 7) is 2.16. The number of nitrogens with zero attached hydrogens (tertiary/aromatic N) is 1. The third-order valence-corrected chi connectivity index (χ3v) is 3.13. The molecule has 1 heterocycles. The maximum atomic E-state index is 11.5. The number of anilines is 1. The Balaban J connectivity index is 2.23. The number of aryl methyl sites for hydroxylation is 1. The zero-order valence-corrected chi connectivity index (χ0v) is 9.90. The summed E-state index contributed by atoms with van der Waals surface area (Å²) in [6, 6.07) is 4.82. The standard InChI is InChI=1S/C13H16N2O2/c1-2-3-4-6-9-7-5-8-10-11(9)14-13(16)12(10)15-17/h5,7-8,12H,2-4,6H2,1H3,(H,14,16). The highest BCUT2D eigenvalue weighted by atomic mass is 16.3. The van der Waals surface area contributed by atoms with E-state index in [-0.39, 0.29) is 5.91 Å². The highest BCUT2D eigenvalue weighted by Crippen LogP contribution is 2.36. The molecule has 1 aliphatic rings. The third-order valence-electron chi connectivity index (χ3n) is 3.13. The molecule has 0 saturated heterocycles. The van der Waals surface area contributed by atoms with Gasteiger partial charge in [-0.15, -0.1) is 4.91 Å². The summed E-state index contributed by atoms with van der Waals surface area (Å²) in [6.07, 6.45) is 4.37. The zero-order chi connectivity index (χ0) is 12.3. The Kier molecular flexibility index (Phi) is 3.52. The first-order valence-corrected chi connectivity index (χ1v) is 6.03. The van der Waals surface area contributed by atoms with Crippen LogP contribution in [-0.4, -0.2) is 5.91 Å². The lowest BCUT2D eigenvalue weighted by atomic mass is 10.0. The highest BCUT2D eigenvalue weighted by Gasteiger charge is 2.32. The number of carbonyl (C=O) groups is 1. The Morgan fingerprint density at radius 3 is 2.88 bits per heavy atom. The minimum Gasteiger partial charge on any atom is -0.323 e. The third kappa shape index (κ3) is 2.20. The topological polar surface area (TPSA) is 58.5 Å². The minimum atomic E-state index is -0.865. The van der Waals surface area contributed by atoms with Crippen LogP contribution in [0.15, 0.2) is 23.4 Å². The molecule has 1 N–H and O–H groups in total. The number of para-hydroxylation sites is 1. The maximum Gasteiger partial charge on any atom is 0.257 e. The van der Waals surface area contributed by atoms with Gasteiger partial charge in [-0.1, -0.05) is 43.1 Å². The first kappa shape index (κ1) is 11.8. The predicted octanol–water partition coefficient (Wildman–Crippen LogP) is 3.18. The van der Waals surface area contributed by atoms with Gasteiger partial charge in [0.2, 0.25) is 0 Å². The van der Waals surface area contributed by atoms with Crippen molar-refractivity contribution in [2.75, 3.05) is 5.32 Å². The predicted molar refractivity (Wildman–Crippen MR) is 66.8 cm³/mol. The van der Waals surface area contributed by atoms with Crippen LogP contribution >= 0.6 is 0 Å². The summed E-state index contributed by atoms with van der Waals surface area (Å²) in [7, 11) is 0. The number of fused-ring (bicyclic) bond motifs is 1. The van der Waals surface area contributed by atoms with Crippen molar-refractivity contribution in [3.63, 3.8) is 0 Å². The largest absolute Gasteiger partial charge is 0.323 e. The Labute approximate surface area is 100 Å². The molecule has 1 aromatic rings. The average molecular weight is 232 g/mol. The van der Waals surface area contributed by atoms with E-state index in [1.807, 2.05) is 12.1 Å². The summed E-state index contributed by atoms with van der Waals surface area (Å²) < 4.78 is 0. The molecule has 0 bridgehead atoms. The van der Waals surface area contributed by atoms with Gasteiger partial charge in [0, 0.05) is 5.56 Å². The minimum absolute atomic E-state index is 0.307. The van der Waals surface area contributed by atoms with Gasteiger partial charge in [-0.3, -0.25) is 4.79 Å². The van der Waals surface area contributed by atoms with E-state index in [2.05, 4.69) is 17.4 Å². The molecule has 0 saturated carbocycles. The molecule has 4 heteroatoms. The van der Waals surface area contributed by atoms with Gasteiger partial charge in [0.15, 0.2) is 6.04 Å². The number of hydrogen-bond donors (Lipinski definition) is 1. The summed E-state index contributed by atoms with van der Waals surface area (Å²) in [5, 5.41) is 5.65. The molecular weight excluding hydrogens is 216 g/mol. The molecule has 1 aliphatic heterocycles. The van der Waals surface area contributed by atoms with Crippen LogP contribution in [0.3, 0.4) is 0 Å². The Morgan fingerprint density at radius 1 is 1.35 bits per heavy atom. The number of carbonyl (C=O) groups excluding carboxylic acids is 1. The van der Waals surface area contributed by atoms with E-state index >= 15 is 0 Å². The fourth-order valence-corrected chi connectivity index (χ4v) is 2.21. The van der Waals surface area contributed by atoms with Gasteiger partial charge >= 0.3 is 0 Å². The summed E-state index contributed by atoms with van der Waals surface area (Å²) >= 11 is 0. The quantitative estimate of drug-likeness (QED) is 0.626. The summed E-state index contributed by atoms with van der Waals surface area (Å²) in [5.74, 6) is -0.307. The molecular formula is C13H16N2O2. The van der Waals surface area contributed by atoms with Gasteiger partial charge in [0.25, 0.3) is 5.91 Å². The molecule has 4 nitrogen and oxygen atoms in total. The van der Waals surface area contributed by atoms with Crippen molar-refractivity contribution in [1.82, 2.24) is 0 Å². The smallest absolute Gasteiger partial charge is 0.257 e. The lowest BCUT2D eigenvalue weighted by Crippen LogP contribution is -2.09. The van der Waals surface area contributed by atoms with Crippen LogP contribution in [0.2, 0.25) is 0 Å². The summed E-state index contributed by atoms with van der Waals surface area (Å²) in [4.78, 5) is 22.2. The van der Waals surface area contributed by atoms with Crippen LogP contribution in [0, 0.1) is 4.91 Å². The molecule has 0 fully saturated rings. The number of hydrogen-bond acceptors (Lipinski definition) is 3. The molecule has 0 aliphatic carbocycles. The van der Waals surface area contributed by atoms with Crippen LogP contribution in [0.25, 0.3) is 0 Å². The second-order valence-electron chi connectivity index (χ2n) is 4.34. The van der Waals surface area contributed by atoms with Crippen molar-refractivity contribution in [2.24, 2.45) is 5.18 Å². The van der Waals surface area contributed by atoms with Crippen molar-refractivity contribution < 1.29 is 4.79 Å². The second kappa shape index (κ2) is 5.08. The number of nitroso groups, excluding NO2 is 1. The molecule has 0 aromatic heterocycles. The molecule has 17 heavy (non-hydrogen) atoms. The summed E-state index contributed by atoms with van der Waals surface area (Å²) in [5.41, 5.74) is 2.63. The molecule has 2 rings (SSSR count). The van der Waals surface area contributed by atoms with Crippen LogP contribution in [0.5, 0.6) is 0 Å². The maximum absolute atomic E-state index is 11.5. The van der Waals surface area contributed by atoms with E-state index in [1.54, 1.807) is 6.07 Å². The molecule has 0 spiro atoms. The van der Waals surface area contributed by atoms with Crippen molar-refractivity contribution in [3.05, 3.63) is 34.2 Å². The number of amides is 1. The molecule has 1 aromatic carbocycles. The van der Waals surface area contributed by atoms with E-state index in [4.69, 9.17) is 0 Å². The molecule has 1 atom stereocenters. The average Bonchev–Trinajstić information content (AvgIpc) is 2.66. The first-order chi connectivity index (χ1) is 8.27. The molecule has 0 radical (unpaired) electrons. The SMILES string of the molecule is CCCCCc1cccc2c1NC(=O)C2N=O. The fourth-order valence-electron chi connectivity index (χ4n) is 2.21. The Bertz CT molecular complexity index is 443. The number of benzene rings is 1. The zero-order valence-electron chi connectivity index (χ0n) is 9.90. The van der Waals surface area contributed by atoms with Gasteiger partial charge in [-0.2, -0.15) is 0 Å². The van der Waals surface area contributed by atoms with Crippen LogP contribution in [-0.2, 0) is 11.2 Å². The number of unbranched alkanes of at least 4 members (excludes halogenated alkanes) is 2. The van der Waals surface area contributed by atoms with E-state index in [0.717, 1.165) is 29.7 Å².